The van der Waals surface area contributed by atoms with Gasteiger partial charge < -0.3 is 59.3 Å². The maximum atomic E-state index is 11.8. The molecule has 0 saturated carbocycles. The van der Waals surface area contributed by atoms with Crippen LogP contribution in [0.2, 0.25) is 0 Å². The Labute approximate surface area is 515 Å². The normalized spacial score (nSPS) is 9.66. The predicted molar refractivity (Wildman–Crippen MR) is 334 cm³/mol. The molecule has 21 nitrogen and oxygen atoms in total. The third kappa shape index (κ3) is 90.1. The Morgan fingerprint density at radius 1 is 0.471 bits per heavy atom. The molecule has 0 bridgehead atoms. The maximum absolute atomic E-state index is 11.8. The lowest BCUT2D eigenvalue weighted by Crippen LogP contribution is -2.79. The summed E-state index contributed by atoms with van der Waals surface area (Å²) in [5.74, 6) is -1.84. The third-order valence-electron chi connectivity index (χ3n) is 11.9. The summed E-state index contributed by atoms with van der Waals surface area (Å²) in [7, 11) is 9.34. The molecule has 502 valence electrons. The van der Waals surface area contributed by atoms with E-state index in [1.807, 2.05) is 27.9 Å². The van der Waals surface area contributed by atoms with E-state index in [2.05, 4.69) is 58.9 Å². The topological polar surface area (TPSA) is 289 Å². The highest BCUT2D eigenvalue weighted by molar-refractivity contribution is 5.86. The van der Waals surface area contributed by atoms with E-state index in [-0.39, 0.29) is 60.8 Å². The van der Waals surface area contributed by atoms with Gasteiger partial charge in [-0.2, -0.15) is 9.59 Å². The highest BCUT2D eigenvalue weighted by atomic mass is 16.5. The van der Waals surface area contributed by atoms with E-state index in [4.69, 9.17) is 33.6 Å². The first kappa shape index (κ1) is 93.5. The number of carboxylic acids is 1. The molecule has 0 fully saturated rings. The van der Waals surface area contributed by atoms with Crippen LogP contribution in [0.3, 0.4) is 0 Å². The fourth-order valence-corrected chi connectivity index (χ4v) is 7.00. The zero-order chi connectivity index (χ0) is 66.0. The van der Waals surface area contributed by atoms with Gasteiger partial charge in [0.25, 0.3) is 0 Å². The number of unbranched alkanes of at least 4 members (excludes halogenated alkanes) is 14. The first-order valence-corrected chi connectivity index (χ1v) is 32.0. The molecule has 0 aliphatic heterocycles. The van der Waals surface area contributed by atoms with Crippen LogP contribution in [0.5, 0.6) is 0 Å². The molecule has 0 saturated heterocycles. The number of hydrogen-bond acceptors (Lipinski definition) is 17. The first-order valence-electron chi connectivity index (χ1n) is 32.0. The van der Waals surface area contributed by atoms with Crippen LogP contribution >= 0.6 is 0 Å². The Morgan fingerprint density at radius 3 is 1.07 bits per heavy atom. The number of amides is 3. The summed E-state index contributed by atoms with van der Waals surface area (Å²) in [6, 6.07) is 0. The number of carbonyl (C=O) groups excluding carboxylic acids is 10. The Morgan fingerprint density at radius 2 is 0.788 bits per heavy atom. The number of ether oxygens (including phenoxy) is 4. The number of aliphatic hydroxyl groups is 1. The Balaban J connectivity index is -0.000000193. The standard InChI is InChI=1S/C23H43NO5.C19H34O6.C7H13NO.C6H13NO2.2C4H11N.CO2/c1-4-6-7-8-11-16-22(26)29-20-14-12-17-23(27)28-19-13-9-10-15-21(25)24(3)18-5-2;1-2-3-4-5-8-13-18(22)25-16-11-9-14-19(23)24-15-10-6-7-12-17(20)21;1-4-6-8(3)7(9)5-2;1-3-4-7(2)6(9)5-8;2*1-3-4-5-2;2-1-3/h4-20H2,1-3H3;2-16H2,1H3,(H,20,21);5H,2,4,6H2,1,3H3;8H,3-5H2,1-2H3;2*5H,3-4H2,1-2H3;. The van der Waals surface area contributed by atoms with Crippen molar-refractivity contribution >= 4 is 53.7 Å². The van der Waals surface area contributed by atoms with Gasteiger partial charge >= 0.3 is 30.0 Å². The van der Waals surface area contributed by atoms with Crippen molar-refractivity contribution in [1.29, 1.82) is 0 Å². The van der Waals surface area contributed by atoms with Crippen LogP contribution in [0, 0.1) is 0 Å². The molecule has 0 heterocycles. The number of quaternary nitrogens is 1. The van der Waals surface area contributed by atoms with Gasteiger partial charge in [-0.3, -0.25) is 33.6 Å². The molecule has 0 spiro atoms. The van der Waals surface area contributed by atoms with Crippen LogP contribution in [0.1, 0.15) is 248 Å². The molecule has 0 unspecified atom stereocenters. The third-order valence-corrected chi connectivity index (χ3v) is 11.9. The van der Waals surface area contributed by atoms with Crippen molar-refractivity contribution in [3.63, 3.8) is 0 Å². The molecule has 0 aromatic carbocycles. The van der Waals surface area contributed by atoms with Crippen LogP contribution in [0.15, 0.2) is 12.7 Å². The number of aliphatic hydroxyl groups excluding tert-OH is 1. The molecular weight excluding hydrogens is 1090 g/mol. The van der Waals surface area contributed by atoms with Gasteiger partial charge in [-0.1, -0.05) is 106 Å². The van der Waals surface area contributed by atoms with Gasteiger partial charge in [0.15, 0.2) is 0 Å². The molecule has 0 aliphatic carbocycles. The van der Waals surface area contributed by atoms with Gasteiger partial charge in [0.2, 0.25) is 17.7 Å². The summed E-state index contributed by atoms with van der Waals surface area (Å²) in [5.41, 5.74) is 0. The minimum Gasteiger partial charge on any atom is -0.550 e. The number of likely N-dealkylation sites (N-methyl/N-ethyl adjacent to an activating group) is 2. The van der Waals surface area contributed by atoms with Crippen molar-refractivity contribution in [3.05, 3.63) is 12.7 Å². The molecule has 0 aliphatic rings. The monoisotopic (exact) mass is 1220 g/mol. The second-order valence-electron chi connectivity index (χ2n) is 20.3. The fraction of sp³-hybridized carbons (Fsp3) is 0.828. The van der Waals surface area contributed by atoms with Crippen molar-refractivity contribution in [3.8, 4) is 0 Å². The largest absolute Gasteiger partial charge is 0.550 e. The van der Waals surface area contributed by atoms with E-state index >= 15 is 0 Å². The average molecular weight is 1220 g/mol. The van der Waals surface area contributed by atoms with E-state index in [9.17, 15) is 43.5 Å². The minimum atomic E-state index is -1.05. The van der Waals surface area contributed by atoms with Crippen molar-refractivity contribution in [2.24, 2.45) is 0 Å². The van der Waals surface area contributed by atoms with Gasteiger partial charge in [-0.25, -0.2) is 0 Å². The molecule has 0 radical (unpaired) electrons. The molecule has 3 amide bonds. The number of aliphatic carboxylic acids is 1. The van der Waals surface area contributed by atoms with Gasteiger partial charge in [0.1, 0.15) is 6.61 Å². The number of rotatable bonds is 46. The van der Waals surface area contributed by atoms with Crippen LogP contribution < -0.4 is 15.7 Å². The second-order valence-corrected chi connectivity index (χ2v) is 20.3. The van der Waals surface area contributed by atoms with Crippen LogP contribution in [0.25, 0.3) is 0 Å². The maximum Gasteiger partial charge on any atom is 0.373 e. The quantitative estimate of drug-likeness (QED) is 0.0223. The predicted octanol–water partition coefficient (Wildman–Crippen LogP) is 8.46. The van der Waals surface area contributed by atoms with Crippen molar-refractivity contribution in [1.82, 2.24) is 20.0 Å². The van der Waals surface area contributed by atoms with Crippen molar-refractivity contribution < 1.29 is 82.4 Å². The molecule has 0 aromatic rings. The summed E-state index contributed by atoms with van der Waals surface area (Å²) in [6.07, 6.45) is 27.4. The van der Waals surface area contributed by atoms with Gasteiger partial charge in [-0.05, 0) is 135 Å². The van der Waals surface area contributed by atoms with Crippen LogP contribution in [-0.4, -0.2) is 175 Å². The van der Waals surface area contributed by atoms with E-state index in [0.29, 0.717) is 103 Å². The number of nitrogens with two attached hydrogens (primary N) is 1. The Hall–Kier alpha value is -5.24. The highest BCUT2D eigenvalue weighted by Gasteiger charge is 2.10. The molecule has 0 rings (SSSR count). The second kappa shape index (κ2) is 80.8. The summed E-state index contributed by atoms with van der Waals surface area (Å²) >= 11 is 0. The van der Waals surface area contributed by atoms with Crippen molar-refractivity contribution in [2.75, 3.05) is 101 Å². The number of nitrogens with one attached hydrogen (secondary N) is 1. The van der Waals surface area contributed by atoms with Gasteiger partial charge in [0.05, 0.1) is 40.0 Å². The molecular formula is C64H125N5O16. The average Bonchev–Trinajstić information content (AvgIpc) is 3.48. The summed E-state index contributed by atoms with van der Waals surface area (Å²) in [5, 5.41) is 23.8. The first-order chi connectivity index (χ1) is 40.7. The van der Waals surface area contributed by atoms with E-state index in [0.717, 1.165) is 90.4 Å². The lowest BCUT2D eigenvalue weighted by molar-refractivity contribution is -0.626. The van der Waals surface area contributed by atoms with Crippen molar-refractivity contribution in [2.45, 2.75) is 248 Å². The molecule has 85 heavy (non-hydrogen) atoms. The number of carbonyl (C=O) groups is 8. The Kier molecular flexibility index (Phi) is 88.9. The fourth-order valence-electron chi connectivity index (χ4n) is 7.00. The molecule has 21 heteroatoms. The SMILES string of the molecule is C=CC(=O)N(C)CCC.CCCCCCCC(=O)OCCCCC(=O)OCCCCCC(=O)N(C)CCC.CCCCCCCC(=O)OCCCCC(=O)OCCCCCC(=O)[O-].CCCN(C)C(=O)CO.CCCNC.CCC[NH2+]C.O=C=O. The van der Waals surface area contributed by atoms with Gasteiger partial charge in [0, 0.05) is 78.9 Å². The zero-order valence-corrected chi connectivity index (χ0v) is 55.8. The zero-order valence-electron chi connectivity index (χ0n) is 55.8. The Bertz CT molecular complexity index is 1570. The van der Waals surface area contributed by atoms with E-state index in [1.165, 1.54) is 68.9 Å². The van der Waals surface area contributed by atoms with E-state index < -0.39 is 5.97 Å². The van der Waals surface area contributed by atoms with Gasteiger partial charge in [-0.15, -0.1) is 0 Å². The van der Waals surface area contributed by atoms with E-state index in [1.54, 1.807) is 23.9 Å². The number of nitrogens with zero attached hydrogens (tertiary/aromatic N) is 3. The van der Waals surface area contributed by atoms with Crippen LogP contribution in [-0.2, 0) is 66.9 Å². The minimum absolute atomic E-state index is 0.00292. The molecule has 0 atom stereocenters. The number of carboxylic acid groups (broad SMARTS) is 1. The lowest BCUT2D eigenvalue weighted by atomic mass is 10.1. The molecule has 0 aromatic heterocycles. The number of esters is 4. The summed E-state index contributed by atoms with van der Waals surface area (Å²) in [6.45, 7) is 23.9. The number of hydrogen-bond donors (Lipinski definition) is 3. The lowest BCUT2D eigenvalue weighted by Gasteiger charge is -2.15. The summed E-state index contributed by atoms with van der Waals surface area (Å²) < 4.78 is 20.6. The molecule has 4 N–H and O–H groups in total. The van der Waals surface area contributed by atoms with Crippen LogP contribution in [0.4, 0.5) is 0 Å². The highest BCUT2D eigenvalue weighted by Crippen LogP contribution is 2.09. The smallest absolute Gasteiger partial charge is 0.373 e. The summed E-state index contributed by atoms with van der Waals surface area (Å²) in [4.78, 5) is 111.